The molecule has 0 aromatic heterocycles. The fourth-order valence-electron chi connectivity index (χ4n) is 0.384. The molecule has 0 saturated heterocycles. The van der Waals surface area contributed by atoms with Crippen LogP contribution in [0.4, 0.5) is 4.39 Å². The average molecular weight is 144 g/mol. The first-order valence-corrected chi connectivity index (χ1v) is 3.73. The third kappa shape index (κ3) is 10.4. The molecule has 0 aliphatic carbocycles. The molecular weight excluding hydrogens is 127 g/mol. The number of halogens is 1. The first-order valence-electron chi connectivity index (χ1n) is 3.73. The summed E-state index contributed by atoms with van der Waals surface area (Å²) in [7, 11) is 0. The molecule has 0 aliphatic heterocycles. The summed E-state index contributed by atoms with van der Waals surface area (Å²) in [4.78, 5) is 0. The van der Waals surface area contributed by atoms with Gasteiger partial charge >= 0.3 is 0 Å². The molecule has 10 heavy (non-hydrogen) atoms. The van der Waals surface area contributed by atoms with Crippen LogP contribution in [0.2, 0.25) is 0 Å². The molecule has 0 bridgehead atoms. The second-order valence-corrected chi connectivity index (χ2v) is 1.56. The molecule has 60 valence electrons. The Kier molecular flexibility index (Phi) is 13.6. The van der Waals surface area contributed by atoms with Gasteiger partial charge in [-0.25, -0.2) is 4.39 Å². The molecule has 0 atom stereocenters. The van der Waals surface area contributed by atoms with Crippen molar-refractivity contribution < 1.29 is 4.39 Å². The van der Waals surface area contributed by atoms with Gasteiger partial charge < -0.3 is 0 Å². The number of hydrogen-bond donors (Lipinski definition) is 0. The average Bonchev–Trinajstić information content (AvgIpc) is 2.04. The molecule has 0 aromatic carbocycles. The van der Waals surface area contributed by atoms with Crippen molar-refractivity contribution in [2.45, 2.75) is 33.6 Å². The summed E-state index contributed by atoms with van der Waals surface area (Å²) < 4.78 is 12.1. The second-order valence-electron chi connectivity index (χ2n) is 1.56. The van der Waals surface area contributed by atoms with Gasteiger partial charge in [0.1, 0.15) is 0 Å². The SMILES string of the molecule is C=CCC/C(F)=C\C.CC. The van der Waals surface area contributed by atoms with Crippen LogP contribution >= 0.6 is 0 Å². The van der Waals surface area contributed by atoms with E-state index in [0.717, 1.165) is 6.42 Å². The smallest absolute Gasteiger partial charge is 0.0960 e. The van der Waals surface area contributed by atoms with Gasteiger partial charge in [-0.05, 0) is 13.3 Å². The van der Waals surface area contributed by atoms with E-state index in [4.69, 9.17) is 0 Å². The lowest BCUT2D eigenvalue weighted by atomic mass is 10.3. The first-order chi connectivity index (χ1) is 4.81. The Morgan fingerprint density at radius 1 is 1.50 bits per heavy atom. The highest BCUT2D eigenvalue weighted by Crippen LogP contribution is 2.04. The zero-order valence-corrected chi connectivity index (χ0v) is 7.15. The predicted molar refractivity (Wildman–Crippen MR) is 45.6 cm³/mol. The highest BCUT2D eigenvalue weighted by Gasteiger charge is 1.86. The molecular formula is C9H17F. The van der Waals surface area contributed by atoms with E-state index in [9.17, 15) is 4.39 Å². The quantitative estimate of drug-likeness (QED) is 0.528. The molecule has 0 rings (SSSR count). The Bertz CT molecular complexity index is 92.9. The lowest BCUT2D eigenvalue weighted by Gasteiger charge is -1.87. The molecule has 1 heteroatoms. The Balaban J connectivity index is 0. The summed E-state index contributed by atoms with van der Waals surface area (Å²) in [6.45, 7) is 9.17. The molecule has 0 saturated carbocycles. The van der Waals surface area contributed by atoms with E-state index in [1.807, 2.05) is 13.8 Å². The van der Waals surface area contributed by atoms with Crippen molar-refractivity contribution in [2.24, 2.45) is 0 Å². The molecule has 0 radical (unpaired) electrons. The maximum Gasteiger partial charge on any atom is 0.0960 e. The highest BCUT2D eigenvalue weighted by molar-refractivity contribution is 4.90. The normalized spacial score (nSPS) is 9.80. The molecule has 0 fully saturated rings. The third-order valence-electron chi connectivity index (χ3n) is 0.901. The standard InChI is InChI=1S/C7H11F.C2H6/c1-3-5-6-7(8)4-2;1-2/h3-4H,1,5-6H2,2H3;1-2H3/b7-4+;. The molecule has 0 N–H and O–H groups in total. The van der Waals surface area contributed by atoms with Gasteiger partial charge in [-0.15, -0.1) is 6.58 Å². The Labute approximate surface area is 63.5 Å². The van der Waals surface area contributed by atoms with Crippen molar-refractivity contribution in [3.05, 3.63) is 24.6 Å². The van der Waals surface area contributed by atoms with E-state index in [2.05, 4.69) is 6.58 Å². The lowest BCUT2D eigenvalue weighted by molar-refractivity contribution is 0.590. The minimum absolute atomic E-state index is 0.0510. The predicted octanol–water partition coefficient (Wildman–Crippen LogP) is 3.85. The van der Waals surface area contributed by atoms with E-state index in [1.165, 1.54) is 6.08 Å². The number of rotatable bonds is 3. The summed E-state index contributed by atoms with van der Waals surface area (Å²) in [6.07, 6.45) is 4.42. The lowest BCUT2D eigenvalue weighted by Crippen LogP contribution is -1.69. The van der Waals surface area contributed by atoms with Crippen LogP contribution < -0.4 is 0 Å². The van der Waals surface area contributed by atoms with Crippen LogP contribution in [0.1, 0.15) is 33.6 Å². The molecule has 0 spiro atoms. The minimum Gasteiger partial charge on any atom is -0.212 e. The summed E-state index contributed by atoms with van der Waals surface area (Å²) in [5.41, 5.74) is 0. The van der Waals surface area contributed by atoms with Crippen LogP contribution in [0.25, 0.3) is 0 Å². The molecule has 0 amide bonds. The van der Waals surface area contributed by atoms with Crippen molar-refractivity contribution in [2.75, 3.05) is 0 Å². The van der Waals surface area contributed by atoms with E-state index in [0.29, 0.717) is 6.42 Å². The van der Waals surface area contributed by atoms with E-state index >= 15 is 0 Å². The summed E-state index contributed by atoms with van der Waals surface area (Å²) >= 11 is 0. The molecule has 0 unspecified atom stereocenters. The second kappa shape index (κ2) is 11.2. The molecule has 0 nitrogen and oxygen atoms in total. The highest BCUT2D eigenvalue weighted by atomic mass is 19.1. The Hall–Kier alpha value is -0.590. The maximum absolute atomic E-state index is 12.1. The van der Waals surface area contributed by atoms with E-state index in [-0.39, 0.29) is 5.83 Å². The monoisotopic (exact) mass is 144 g/mol. The maximum atomic E-state index is 12.1. The zero-order valence-electron chi connectivity index (χ0n) is 7.15. The number of allylic oxidation sites excluding steroid dienone is 3. The van der Waals surface area contributed by atoms with Gasteiger partial charge in [-0.1, -0.05) is 26.0 Å². The molecule has 0 aliphatic rings. The fourth-order valence-corrected chi connectivity index (χ4v) is 0.384. The van der Waals surface area contributed by atoms with Gasteiger partial charge in [-0.2, -0.15) is 0 Å². The van der Waals surface area contributed by atoms with Gasteiger partial charge in [0.05, 0.1) is 5.83 Å². The van der Waals surface area contributed by atoms with E-state index < -0.39 is 0 Å². The summed E-state index contributed by atoms with van der Waals surface area (Å²) in [5.74, 6) is -0.0510. The van der Waals surface area contributed by atoms with Crippen LogP contribution in [0.5, 0.6) is 0 Å². The summed E-state index contributed by atoms with van der Waals surface area (Å²) in [6, 6.07) is 0. The van der Waals surface area contributed by atoms with Gasteiger partial charge in [0, 0.05) is 6.42 Å². The topological polar surface area (TPSA) is 0 Å². The largest absolute Gasteiger partial charge is 0.212 e. The van der Waals surface area contributed by atoms with Crippen molar-refractivity contribution in [1.29, 1.82) is 0 Å². The molecule has 0 heterocycles. The van der Waals surface area contributed by atoms with Crippen molar-refractivity contribution in [1.82, 2.24) is 0 Å². The molecule has 0 aromatic rings. The van der Waals surface area contributed by atoms with Crippen LogP contribution in [0.15, 0.2) is 24.6 Å². The van der Waals surface area contributed by atoms with Gasteiger partial charge in [0.25, 0.3) is 0 Å². The Morgan fingerprint density at radius 3 is 2.30 bits per heavy atom. The van der Waals surface area contributed by atoms with Crippen LogP contribution in [-0.4, -0.2) is 0 Å². The van der Waals surface area contributed by atoms with E-state index in [1.54, 1.807) is 13.0 Å². The van der Waals surface area contributed by atoms with Gasteiger partial charge in [-0.3, -0.25) is 0 Å². The summed E-state index contributed by atoms with van der Waals surface area (Å²) in [5, 5.41) is 0. The van der Waals surface area contributed by atoms with Crippen molar-refractivity contribution in [3.63, 3.8) is 0 Å². The van der Waals surface area contributed by atoms with Crippen molar-refractivity contribution >= 4 is 0 Å². The number of hydrogen-bond acceptors (Lipinski definition) is 0. The van der Waals surface area contributed by atoms with Crippen LogP contribution in [0, 0.1) is 0 Å². The Morgan fingerprint density at radius 2 is 2.00 bits per heavy atom. The van der Waals surface area contributed by atoms with Gasteiger partial charge in [0.2, 0.25) is 0 Å². The van der Waals surface area contributed by atoms with Crippen LogP contribution in [0.3, 0.4) is 0 Å². The zero-order chi connectivity index (χ0) is 8.41. The van der Waals surface area contributed by atoms with Crippen LogP contribution in [-0.2, 0) is 0 Å². The van der Waals surface area contributed by atoms with Crippen molar-refractivity contribution in [3.8, 4) is 0 Å². The fraction of sp³-hybridized carbons (Fsp3) is 0.556. The van der Waals surface area contributed by atoms with Gasteiger partial charge in [0.15, 0.2) is 0 Å². The third-order valence-corrected chi connectivity index (χ3v) is 0.901. The first kappa shape index (κ1) is 12.1. The minimum atomic E-state index is -0.0510.